The van der Waals surface area contributed by atoms with Crippen LogP contribution in [0.2, 0.25) is 0 Å². The van der Waals surface area contributed by atoms with Crippen LogP contribution in [0, 0.1) is 0 Å². The quantitative estimate of drug-likeness (QED) is 0.161. The number of benzene rings is 10. The summed E-state index contributed by atoms with van der Waals surface area (Å²) in [5, 5.41) is 12.7. The number of para-hydroxylation sites is 3. The fourth-order valence-corrected chi connectivity index (χ4v) is 9.34. The highest BCUT2D eigenvalue weighted by Gasteiger charge is 2.17. The zero-order valence-electron chi connectivity index (χ0n) is 30.5. The topological polar surface area (TPSA) is 9.86 Å². The van der Waals surface area contributed by atoms with Gasteiger partial charge in [0.05, 0.1) is 22.1 Å². The lowest BCUT2D eigenvalue weighted by Gasteiger charge is -2.14. The van der Waals surface area contributed by atoms with Crippen molar-refractivity contribution in [2.45, 2.75) is 0 Å². The second-order valence-corrected chi connectivity index (χ2v) is 14.9. The average molecular weight is 711 g/mol. The Morgan fingerprint density at radius 3 is 1.55 bits per heavy atom. The van der Waals surface area contributed by atoms with Gasteiger partial charge in [0.2, 0.25) is 0 Å². The van der Waals surface area contributed by atoms with E-state index in [0.717, 1.165) is 5.69 Å². The van der Waals surface area contributed by atoms with Gasteiger partial charge in [-0.25, -0.2) is 0 Å². The molecule has 0 atom stereocenters. The maximum absolute atomic E-state index is 2.43. The van der Waals surface area contributed by atoms with Gasteiger partial charge in [0.15, 0.2) is 0 Å². The Kier molecular flexibility index (Phi) is 6.66. The van der Waals surface area contributed by atoms with E-state index in [2.05, 4.69) is 215 Å². The van der Waals surface area contributed by atoms with Gasteiger partial charge in [0, 0.05) is 32.9 Å². The first-order chi connectivity index (χ1) is 27.8. The zero-order valence-corrected chi connectivity index (χ0v) is 30.5. The van der Waals surface area contributed by atoms with E-state index in [9.17, 15) is 0 Å². The van der Waals surface area contributed by atoms with Crippen LogP contribution in [0.5, 0.6) is 0 Å². The molecule has 0 bridgehead atoms. The van der Waals surface area contributed by atoms with Crippen LogP contribution in [0.1, 0.15) is 0 Å². The molecule has 10 aromatic carbocycles. The standard InChI is InChI=1S/C54H34N2/c1-2-13-40(14-3-1)55-51-21-11-9-18-45(51)49-32-37(27-31-52(49)55)38-26-30-46-44-17-8-10-20-50(44)56(53(46)34-38)41-28-24-36(25-29-41)48-33-39-23-22-35-12-4-5-15-42(35)54(39)47-19-7-6-16-43(47)48/h1-34H. The summed E-state index contributed by atoms with van der Waals surface area (Å²) in [4.78, 5) is 0. The third-order valence-electron chi connectivity index (χ3n) is 11.9. The molecule has 0 amide bonds. The van der Waals surface area contributed by atoms with Crippen molar-refractivity contribution >= 4 is 75.9 Å². The fourth-order valence-electron chi connectivity index (χ4n) is 9.34. The second kappa shape index (κ2) is 12.0. The van der Waals surface area contributed by atoms with Crippen LogP contribution < -0.4 is 0 Å². The van der Waals surface area contributed by atoms with E-state index in [1.54, 1.807) is 0 Å². The number of hydrogen-bond donors (Lipinski definition) is 0. The molecule has 56 heavy (non-hydrogen) atoms. The van der Waals surface area contributed by atoms with Gasteiger partial charge < -0.3 is 9.13 Å². The predicted octanol–water partition coefficient (Wildman–Crippen LogP) is 14.7. The molecule has 0 aliphatic heterocycles. The number of rotatable bonds is 4. The molecule has 2 heterocycles. The van der Waals surface area contributed by atoms with Gasteiger partial charge in [-0.15, -0.1) is 0 Å². The van der Waals surface area contributed by atoms with Gasteiger partial charge >= 0.3 is 0 Å². The van der Waals surface area contributed by atoms with E-state index >= 15 is 0 Å². The normalized spacial score (nSPS) is 11.9. The molecule has 2 nitrogen and oxygen atoms in total. The Balaban J connectivity index is 1.01. The summed E-state index contributed by atoms with van der Waals surface area (Å²) in [5.41, 5.74) is 12.0. The highest BCUT2D eigenvalue weighted by Crippen LogP contribution is 2.41. The lowest BCUT2D eigenvalue weighted by atomic mass is 9.91. The van der Waals surface area contributed by atoms with Gasteiger partial charge in [-0.2, -0.15) is 0 Å². The Labute approximate surface area is 323 Å². The van der Waals surface area contributed by atoms with Gasteiger partial charge in [-0.1, -0.05) is 146 Å². The van der Waals surface area contributed by atoms with Crippen molar-refractivity contribution in [3.8, 4) is 33.6 Å². The number of aromatic nitrogens is 2. The summed E-state index contributed by atoms with van der Waals surface area (Å²) >= 11 is 0. The molecule has 260 valence electrons. The van der Waals surface area contributed by atoms with E-state index in [1.165, 1.54) is 104 Å². The number of hydrogen-bond acceptors (Lipinski definition) is 0. The first kappa shape index (κ1) is 31.0. The lowest BCUT2D eigenvalue weighted by Crippen LogP contribution is -1.94. The highest BCUT2D eigenvalue weighted by molar-refractivity contribution is 6.23. The van der Waals surface area contributed by atoms with E-state index in [1.807, 2.05) is 0 Å². The van der Waals surface area contributed by atoms with Gasteiger partial charge in [-0.3, -0.25) is 0 Å². The molecule has 2 heteroatoms. The summed E-state index contributed by atoms with van der Waals surface area (Å²) in [6.45, 7) is 0. The molecule has 0 aliphatic carbocycles. The Bertz CT molecular complexity index is 3510. The maximum Gasteiger partial charge on any atom is 0.0547 e. The fraction of sp³-hybridized carbons (Fsp3) is 0. The Morgan fingerprint density at radius 2 is 0.768 bits per heavy atom. The predicted molar refractivity (Wildman–Crippen MR) is 239 cm³/mol. The van der Waals surface area contributed by atoms with Crippen LogP contribution >= 0.6 is 0 Å². The lowest BCUT2D eigenvalue weighted by molar-refractivity contribution is 1.18. The Hall–Kier alpha value is -7.42. The molecule has 12 aromatic rings. The molecule has 0 saturated heterocycles. The van der Waals surface area contributed by atoms with Gasteiger partial charge in [0.1, 0.15) is 0 Å². The van der Waals surface area contributed by atoms with E-state index in [0.29, 0.717) is 0 Å². The van der Waals surface area contributed by atoms with Crippen LogP contribution in [-0.4, -0.2) is 9.13 Å². The molecule has 0 aliphatic rings. The SMILES string of the molecule is c1ccc(-n2c3ccccc3c3cc(-c4ccc5c6ccccc6n(-c6ccc(-c7cc8ccc9ccccc9c8c8ccccc78)cc6)c5c4)ccc32)cc1. The molecule has 0 radical (unpaired) electrons. The first-order valence-electron chi connectivity index (χ1n) is 19.3. The largest absolute Gasteiger partial charge is 0.309 e. The Morgan fingerprint density at radius 1 is 0.250 bits per heavy atom. The van der Waals surface area contributed by atoms with Crippen LogP contribution in [0.4, 0.5) is 0 Å². The summed E-state index contributed by atoms with van der Waals surface area (Å²) in [6.07, 6.45) is 0. The van der Waals surface area contributed by atoms with E-state index < -0.39 is 0 Å². The molecular formula is C54H34N2. The average Bonchev–Trinajstić information content (AvgIpc) is 3.78. The van der Waals surface area contributed by atoms with Crippen molar-refractivity contribution in [3.05, 3.63) is 206 Å². The smallest absolute Gasteiger partial charge is 0.0547 e. The minimum atomic E-state index is 1.15. The van der Waals surface area contributed by atoms with E-state index in [-0.39, 0.29) is 0 Å². The van der Waals surface area contributed by atoms with E-state index in [4.69, 9.17) is 0 Å². The van der Waals surface area contributed by atoms with Crippen molar-refractivity contribution in [2.75, 3.05) is 0 Å². The summed E-state index contributed by atoms with van der Waals surface area (Å²) in [7, 11) is 0. The molecule has 0 spiro atoms. The third-order valence-corrected chi connectivity index (χ3v) is 11.9. The van der Waals surface area contributed by atoms with Gasteiger partial charge in [-0.05, 0) is 115 Å². The van der Waals surface area contributed by atoms with Crippen molar-refractivity contribution in [2.24, 2.45) is 0 Å². The van der Waals surface area contributed by atoms with Crippen molar-refractivity contribution in [3.63, 3.8) is 0 Å². The highest BCUT2D eigenvalue weighted by atomic mass is 15.0. The molecular weight excluding hydrogens is 677 g/mol. The minimum Gasteiger partial charge on any atom is -0.309 e. The summed E-state index contributed by atoms with van der Waals surface area (Å²) in [5.74, 6) is 0. The summed E-state index contributed by atoms with van der Waals surface area (Å²) in [6, 6.07) is 75.8. The molecule has 0 unspecified atom stereocenters. The first-order valence-corrected chi connectivity index (χ1v) is 19.3. The second-order valence-electron chi connectivity index (χ2n) is 14.9. The van der Waals surface area contributed by atoms with Crippen LogP contribution in [0.25, 0.3) is 110 Å². The third kappa shape index (κ3) is 4.57. The molecule has 12 rings (SSSR count). The molecule has 0 saturated carbocycles. The van der Waals surface area contributed by atoms with Crippen molar-refractivity contribution in [1.82, 2.24) is 9.13 Å². The van der Waals surface area contributed by atoms with Crippen molar-refractivity contribution < 1.29 is 0 Å². The zero-order chi connectivity index (χ0) is 36.7. The van der Waals surface area contributed by atoms with Crippen molar-refractivity contribution in [1.29, 1.82) is 0 Å². The van der Waals surface area contributed by atoms with Crippen LogP contribution in [0.3, 0.4) is 0 Å². The monoisotopic (exact) mass is 710 g/mol. The number of fused-ring (bicyclic) bond motifs is 11. The molecule has 0 N–H and O–H groups in total. The van der Waals surface area contributed by atoms with Gasteiger partial charge in [0.25, 0.3) is 0 Å². The summed E-state index contributed by atoms with van der Waals surface area (Å²) < 4.78 is 4.81. The van der Waals surface area contributed by atoms with Crippen LogP contribution in [0.15, 0.2) is 206 Å². The number of nitrogens with zero attached hydrogens (tertiary/aromatic N) is 2. The maximum atomic E-state index is 2.43. The minimum absolute atomic E-state index is 1.15. The van der Waals surface area contributed by atoms with Crippen LogP contribution in [-0.2, 0) is 0 Å². The molecule has 0 fully saturated rings. The molecule has 2 aromatic heterocycles.